The summed E-state index contributed by atoms with van der Waals surface area (Å²) in [4.78, 5) is 24.4. The summed E-state index contributed by atoms with van der Waals surface area (Å²) in [6.45, 7) is 1.30. The van der Waals surface area contributed by atoms with E-state index in [9.17, 15) is 14.0 Å². The van der Waals surface area contributed by atoms with Crippen molar-refractivity contribution in [1.29, 1.82) is 0 Å². The van der Waals surface area contributed by atoms with Crippen molar-refractivity contribution in [1.82, 2.24) is 9.78 Å². The van der Waals surface area contributed by atoms with Gasteiger partial charge in [0.1, 0.15) is 11.6 Å². The fraction of sp³-hybridized carbons (Fsp3) is 0.227. The Morgan fingerprint density at radius 2 is 1.74 bits per heavy atom. The Kier molecular flexibility index (Phi) is 6.86. The predicted octanol–water partition coefficient (Wildman–Crippen LogP) is 3.06. The Labute approximate surface area is 178 Å². The molecule has 0 unspecified atom stereocenters. The molecule has 8 nitrogen and oxygen atoms in total. The number of aromatic nitrogens is 2. The molecule has 1 aromatic heterocycles. The predicted molar refractivity (Wildman–Crippen MR) is 111 cm³/mol. The van der Waals surface area contributed by atoms with Gasteiger partial charge in [-0.05, 0) is 48.9 Å². The molecule has 0 aliphatic rings. The van der Waals surface area contributed by atoms with Gasteiger partial charge >= 0.3 is 5.97 Å². The van der Waals surface area contributed by atoms with Gasteiger partial charge < -0.3 is 19.5 Å². The first-order valence-electron chi connectivity index (χ1n) is 9.38. The molecule has 0 atom stereocenters. The van der Waals surface area contributed by atoms with Crippen molar-refractivity contribution in [3.63, 3.8) is 0 Å². The number of rotatable bonds is 8. The minimum Gasteiger partial charge on any atom is -0.493 e. The highest BCUT2D eigenvalue weighted by atomic mass is 19.1. The highest BCUT2D eigenvalue weighted by Crippen LogP contribution is 2.27. The van der Waals surface area contributed by atoms with Gasteiger partial charge in [0.15, 0.2) is 18.1 Å². The number of hydrogen-bond donors (Lipinski definition) is 1. The van der Waals surface area contributed by atoms with Gasteiger partial charge in [0, 0.05) is 6.07 Å². The van der Waals surface area contributed by atoms with Crippen LogP contribution in [0.3, 0.4) is 0 Å². The molecule has 31 heavy (non-hydrogen) atoms. The van der Waals surface area contributed by atoms with Gasteiger partial charge in [-0.3, -0.25) is 9.59 Å². The van der Waals surface area contributed by atoms with Crippen LogP contribution in [0.1, 0.15) is 11.3 Å². The van der Waals surface area contributed by atoms with E-state index in [4.69, 9.17) is 14.2 Å². The third-order valence-corrected chi connectivity index (χ3v) is 4.33. The van der Waals surface area contributed by atoms with Crippen molar-refractivity contribution in [2.75, 3.05) is 26.1 Å². The normalized spacial score (nSPS) is 10.5. The fourth-order valence-corrected chi connectivity index (χ4v) is 2.90. The molecule has 0 aliphatic carbocycles. The number of esters is 1. The highest BCUT2D eigenvalue weighted by Gasteiger charge is 2.14. The minimum absolute atomic E-state index is 0.0275. The van der Waals surface area contributed by atoms with Gasteiger partial charge in [0.05, 0.1) is 32.0 Å². The molecule has 0 spiro atoms. The van der Waals surface area contributed by atoms with Gasteiger partial charge in [-0.25, -0.2) is 9.07 Å². The van der Waals surface area contributed by atoms with Crippen molar-refractivity contribution < 1.29 is 28.2 Å². The summed E-state index contributed by atoms with van der Waals surface area (Å²) in [5.74, 6) is -0.0406. The molecule has 0 aliphatic heterocycles. The van der Waals surface area contributed by atoms with Crippen LogP contribution in [-0.4, -0.2) is 42.5 Å². The maximum atomic E-state index is 13.2. The van der Waals surface area contributed by atoms with E-state index in [1.165, 1.54) is 31.0 Å². The first kappa shape index (κ1) is 21.8. The van der Waals surface area contributed by atoms with Gasteiger partial charge in [-0.1, -0.05) is 6.07 Å². The van der Waals surface area contributed by atoms with Crippen molar-refractivity contribution in [2.24, 2.45) is 0 Å². The number of methoxy groups -OCH3 is 2. The van der Waals surface area contributed by atoms with Gasteiger partial charge in [-0.2, -0.15) is 5.10 Å². The van der Waals surface area contributed by atoms with E-state index in [-0.39, 0.29) is 12.2 Å². The van der Waals surface area contributed by atoms with Crippen LogP contribution in [0.25, 0.3) is 5.69 Å². The lowest BCUT2D eigenvalue weighted by molar-refractivity contribution is -0.146. The topological polar surface area (TPSA) is 91.7 Å². The lowest BCUT2D eigenvalue weighted by Gasteiger charge is -2.10. The third kappa shape index (κ3) is 5.59. The Balaban J connectivity index is 1.58. The highest BCUT2D eigenvalue weighted by molar-refractivity contribution is 5.92. The number of nitrogens with one attached hydrogen (secondary N) is 1. The first-order chi connectivity index (χ1) is 14.9. The van der Waals surface area contributed by atoms with E-state index < -0.39 is 18.5 Å². The number of carbonyl (C=O) groups is 2. The molecule has 3 aromatic rings. The van der Waals surface area contributed by atoms with Crippen LogP contribution in [0, 0.1) is 12.7 Å². The quantitative estimate of drug-likeness (QED) is 0.556. The Bertz CT molecular complexity index is 1080. The van der Waals surface area contributed by atoms with E-state index >= 15 is 0 Å². The maximum absolute atomic E-state index is 13.2. The number of nitrogens with zero attached hydrogens (tertiary/aromatic N) is 2. The van der Waals surface area contributed by atoms with Gasteiger partial charge in [0.25, 0.3) is 5.91 Å². The second-order valence-corrected chi connectivity index (χ2v) is 6.63. The second kappa shape index (κ2) is 9.75. The van der Waals surface area contributed by atoms with E-state index in [0.29, 0.717) is 34.3 Å². The number of halogens is 1. The molecule has 0 fully saturated rings. The summed E-state index contributed by atoms with van der Waals surface area (Å²) >= 11 is 0. The zero-order chi connectivity index (χ0) is 22.4. The molecule has 3 rings (SSSR count). The molecule has 1 N–H and O–H groups in total. The van der Waals surface area contributed by atoms with Gasteiger partial charge in [0.2, 0.25) is 0 Å². The van der Waals surface area contributed by atoms with Crippen molar-refractivity contribution >= 4 is 17.7 Å². The van der Waals surface area contributed by atoms with Crippen molar-refractivity contribution in [2.45, 2.75) is 13.3 Å². The molecule has 1 heterocycles. The largest absolute Gasteiger partial charge is 0.493 e. The van der Waals surface area contributed by atoms with E-state index in [1.807, 2.05) is 0 Å². The average Bonchev–Trinajstić information content (AvgIpc) is 3.12. The van der Waals surface area contributed by atoms with E-state index in [2.05, 4.69) is 10.4 Å². The summed E-state index contributed by atoms with van der Waals surface area (Å²) in [5, 5.41) is 6.95. The lowest BCUT2D eigenvalue weighted by Crippen LogP contribution is -2.23. The summed E-state index contributed by atoms with van der Waals surface area (Å²) in [6.07, 6.45) is -0.0275. The number of carbonyl (C=O) groups excluding carboxylic acids is 2. The molecular formula is C22H22FN3O5. The summed E-state index contributed by atoms with van der Waals surface area (Å²) in [6, 6.07) is 12.4. The smallest absolute Gasteiger partial charge is 0.310 e. The zero-order valence-electron chi connectivity index (χ0n) is 17.3. The molecular weight excluding hydrogens is 405 g/mol. The third-order valence-electron chi connectivity index (χ3n) is 4.33. The Morgan fingerprint density at radius 1 is 1.03 bits per heavy atom. The molecule has 0 saturated heterocycles. The van der Waals surface area contributed by atoms with E-state index in [1.54, 1.807) is 43.3 Å². The molecule has 0 bridgehead atoms. The van der Waals surface area contributed by atoms with Gasteiger partial charge in [-0.15, -0.1) is 0 Å². The number of benzene rings is 2. The number of hydrogen-bond acceptors (Lipinski definition) is 6. The number of anilines is 1. The van der Waals surface area contributed by atoms with Crippen molar-refractivity contribution in [3.05, 3.63) is 65.6 Å². The molecule has 9 heteroatoms. The first-order valence-corrected chi connectivity index (χ1v) is 9.38. The summed E-state index contributed by atoms with van der Waals surface area (Å²) < 4.78 is 30.1. The van der Waals surface area contributed by atoms with Crippen LogP contribution < -0.4 is 14.8 Å². The molecule has 0 radical (unpaired) electrons. The van der Waals surface area contributed by atoms with Crippen LogP contribution in [-0.2, 0) is 20.7 Å². The standard InChI is InChI=1S/C22H22FN3O5/c1-14-10-20(26(25-14)17-7-5-16(23)6-8-17)24-21(27)13-31-22(28)12-15-4-9-18(29-2)19(11-15)30-3/h4-11H,12-13H2,1-3H3,(H,24,27). The number of ether oxygens (including phenoxy) is 3. The molecule has 1 amide bonds. The van der Waals surface area contributed by atoms with Crippen LogP contribution in [0.15, 0.2) is 48.5 Å². The summed E-state index contributed by atoms with van der Waals surface area (Å²) in [7, 11) is 3.02. The lowest BCUT2D eigenvalue weighted by atomic mass is 10.1. The fourth-order valence-electron chi connectivity index (χ4n) is 2.90. The van der Waals surface area contributed by atoms with Crippen LogP contribution in [0.2, 0.25) is 0 Å². The Hall–Kier alpha value is -3.88. The summed E-state index contributed by atoms with van der Waals surface area (Å²) in [5.41, 5.74) is 1.90. The van der Waals surface area contributed by atoms with Crippen molar-refractivity contribution in [3.8, 4) is 17.2 Å². The molecule has 0 saturated carbocycles. The monoisotopic (exact) mass is 427 g/mol. The minimum atomic E-state index is -0.564. The van der Waals surface area contributed by atoms with E-state index in [0.717, 1.165) is 0 Å². The molecule has 162 valence electrons. The zero-order valence-corrected chi connectivity index (χ0v) is 17.3. The van der Waals surface area contributed by atoms with Crippen LogP contribution >= 0.6 is 0 Å². The van der Waals surface area contributed by atoms with Crippen LogP contribution in [0.4, 0.5) is 10.2 Å². The molecule has 2 aromatic carbocycles. The second-order valence-electron chi connectivity index (χ2n) is 6.63. The maximum Gasteiger partial charge on any atom is 0.310 e. The number of amides is 1. The number of aryl methyl sites for hydroxylation is 1. The SMILES string of the molecule is COc1ccc(CC(=O)OCC(=O)Nc2cc(C)nn2-c2ccc(F)cc2)cc1OC. The van der Waals surface area contributed by atoms with Crippen LogP contribution in [0.5, 0.6) is 11.5 Å². The Morgan fingerprint density at radius 3 is 2.42 bits per heavy atom. The average molecular weight is 427 g/mol.